The topological polar surface area (TPSA) is 18.5 Å². The van der Waals surface area contributed by atoms with E-state index in [1.807, 2.05) is 0 Å². The largest absolute Gasteiger partial charge is 0.353 e. The molecule has 0 spiro atoms. The second-order valence-electron chi connectivity index (χ2n) is 7.45. The Bertz CT molecular complexity index is 238. The smallest absolute Gasteiger partial charge is 0.170 e. The lowest BCUT2D eigenvalue weighted by atomic mass is 9.71. The van der Waals surface area contributed by atoms with E-state index in [1.54, 1.807) is 14.2 Å². The van der Waals surface area contributed by atoms with Crippen molar-refractivity contribution in [2.24, 2.45) is 11.3 Å². The summed E-state index contributed by atoms with van der Waals surface area (Å²) in [7, 11) is 3.61. The molecular weight excluding hydrogens is 260 g/mol. The second kappa shape index (κ2) is 10.6. The van der Waals surface area contributed by atoms with Crippen LogP contribution in [0.5, 0.6) is 0 Å². The highest BCUT2D eigenvalue weighted by Gasteiger charge is 2.44. The molecule has 0 rings (SSSR count). The highest BCUT2D eigenvalue weighted by molar-refractivity contribution is 4.87. The first-order valence-electron chi connectivity index (χ1n) is 8.98. The highest BCUT2D eigenvalue weighted by Crippen LogP contribution is 2.43. The molecule has 0 saturated heterocycles. The first kappa shape index (κ1) is 20.9. The molecule has 0 radical (unpaired) electrons. The molecule has 0 heterocycles. The third kappa shape index (κ3) is 7.15. The Morgan fingerprint density at radius 2 is 1.29 bits per heavy atom. The van der Waals surface area contributed by atoms with Gasteiger partial charge in [0.15, 0.2) is 5.79 Å². The molecule has 128 valence electrons. The van der Waals surface area contributed by atoms with Gasteiger partial charge < -0.3 is 9.47 Å². The molecule has 0 aliphatic heterocycles. The van der Waals surface area contributed by atoms with Gasteiger partial charge >= 0.3 is 0 Å². The van der Waals surface area contributed by atoms with Gasteiger partial charge in [0, 0.05) is 26.6 Å². The molecule has 0 amide bonds. The lowest BCUT2D eigenvalue weighted by Gasteiger charge is -2.45. The molecule has 0 bridgehead atoms. The second-order valence-corrected chi connectivity index (χ2v) is 7.45. The van der Waals surface area contributed by atoms with Crippen LogP contribution in [0.15, 0.2) is 0 Å². The van der Waals surface area contributed by atoms with Gasteiger partial charge in [0.05, 0.1) is 0 Å². The van der Waals surface area contributed by atoms with Gasteiger partial charge in [-0.1, -0.05) is 79.6 Å². The maximum atomic E-state index is 5.89. The van der Waals surface area contributed by atoms with Crippen LogP contribution in [0, 0.1) is 11.3 Å². The van der Waals surface area contributed by atoms with Crippen molar-refractivity contribution in [2.45, 2.75) is 98.2 Å². The lowest BCUT2D eigenvalue weighted by molar-refractivity contribution is -0.263. The predicted molar refractivity (Wildman–Crippen MR) is 92.6 cm³/mol. The van der Waals surface area contributed by atoms with Crippen LogP contribution in [0.1, 0.15) is 92.4 Å². The van der Waals surface area contributed by atoms with Gasteiger partial charge in [0.25, 0.3) is 0 Å². The third-order valence-corrected chi connectivity index (χ3v) is 4.71. The zero-order valence-electron chi connectivity index (χ0n) is 15.8. The first-order valence-corrected chi connectivity index (χ1v) is 8.98. The van der Waals surface area contributed by atoms with Crippen LogP contribution in [0.25, 0.3) is 0 Å². The van der Waals surface area contributed by atoms with Crippen LogP contribution in [0.4, 0.5) is 0 Å². The van der Waals surface area contributed by atoms with Gasteiger partial charge in [-0.2, -0.15) is 0 Å². The molecule has 0 aliphatic rings. The monoisotopic (exact) mass is 300 g/mol. The van der Waals surface area contributed by atoms with Crippen molar-refractivity contribution < 1.29 is 9.47 Å². The van der Waals surface area contributed by atoms with Gasteiger partial charge in [0.1, 0.15) is 0 Å². The zero-order valence-corrected chi connectivity index (χ0v) is 15.8. The molecule has 21 heavy (non-hydrogen) atoms. The Morgan fingerprint density at radius 3 is 1.71 bits per heavy atom. The van der Waals surface area contributed by atoms with Crippen molar-refractivity contribution in [1.29, 1.82) is 0 Å². The molecule has 2 heteroatoms. The van der Waals surface area contributed by atoms with Gasteiger partial charge in [-0.05, 0) is 11.8 Å². The third-order valence-electron chi connectivity index (χ3n) is 4.71. The minimum atomic E-state index is -0.420. The van der Waals surface area contributed by atoms with Crippen molar-refractivity contribution in [1.82, 2.24) is 0 Å². The van der Waals surface area contributed by atoms with Crippen LogP contribution >= 0.6 is 0 Å². The van der Waals surface area contributed by atoms with E-state index in [-0.39, 0.29) is 5.41 Å². The van der Waals surface area contributed by atoms with E-state index in [0.717, 1.165) is 12.8 Å². The molecule has 1 atom stereocenters. The van der Waals surface area contributed by atoms with Crippen LogP contribution in [-0.4, -0.2) is 20.0 Å². The van der Waals surface area contributed by atoms with Crippen molar-refractivity contribution in [2.75, 3.05) is 14.2 Å². The summed E-state index contributed by atoms with van der Waals surface area (Å²) in [5, 5.41) is 0. The van der Waals surface area contributed by atoms with E-state index in [1.165, 1.54) is 44.9 Å². The maximum Gasteiger partial charge on any atom is 0.170 e. The fraction of sp³-hybridized carbons (Fsp3) is 1.00. The van der Waals surface area contributed by atoms with E-state index in [0.29, 0.717) is 5.92 Å². The summed E-state index contributed by atoms with van der Waals surface area (Å²) in [4.78, 5) is 0. The molecule has 0 aromatic rings. The Balaban J connectivity index is 4.64. The van der Waals surface area contributed by atoms with E-state index < -0.39 is 5.79 Å². The molecule has 1 unspecified atom stereocenters. The number of hydrogen-bond acceptors (Lipinski definition) is 2. The Morgan fingerprint density at radius 1 is 0.762 bits per heavy atom. The van der Waals surface area contributed by atoms with Crippen molar-refractivity contribution in [3.63, 3.8) is 0 Å². The fourth-order valence-electron chi connectivity index (χ4n) is 3.54. The summed E-state index contributed by atoms with van der Waals surface area (Å²) < 4.78 is 11.8. The summed E-state index contributed by atoms with van der Waals surface area (Å²) in [5.74, 6) is 0.0160. The number of unbranched alkanes of at least 4 members (excludes halogenated alkanes) is 5. The molecule has 0 aromatic carbocycles. The highest BCUT2D eigenvalue weighted by atomic mass is 16.7. The quantitative estimate of drug-likeness (QED) is 0.316. The molecule has 0 aromatic heterocycles. The summed E-state index contributed by atoms with van der Waals surface area (Å²) in [6.45, 7) is 11.4. The SMILES string of the molecule is CCCCCCCCC(C(C)(C)C)C(CCC)(OC)OC. The summed E-state index contributed by atoms with van der Waals surface area (Å²) in [6, 6.07) is 0. The Hall–Kier alpha value is -0.0800. The van der Waals surface area contributed by atoms with Crippen LogP contribution in [0.3, 0.4) is 0 Å². The van der Waals surface area contributed by atoms with Gasteiger partial charge in [-0.25, -0.2) is 0 Å². The number of ether oxygens (including phenoxy) is 2. The molecular formula is C19H40O2. The minimum absolute atomic E-state index is 0.199. The van der Waals surface area contributed by atoms with E-state index in [2.05, 4.69) is 34.6 Å². The van der Waals surface area contributed by atoms with Gasteiger partial charge in [-0.3, -0.25) is 0 Å². The van der Waals surface area contributed by atoms with Crippen LogP contribution in [-0.2, 0) is 9.47 Å². The van der Waals surface area contributed by atoms with Crippen molar-refractivity contribution in [3.05, 3.63) is 0 Å². The van der Waals surface area contributed by atoms with Crippen molar-refractivity contribution in [3.8, 4) is 0 Å². The predicted octanol–water partition coefficient (Wildman–Crippen LogP) is 6.19. The molecule has 2 nitrogen and oxygen atoms in total. The summed E-state index contributed by atoms with van der Waals surface area (Å²) in [5.41, 5.74) is 0.199. The number of rotatable bonds is 12. The number of hydrogen-bond donors (Lipinski definition) is 0. The Kier molecular flexibility index (Phi) is 10.6. The fourth-order valence-corrected chi connectivity index (χ4v) is 3.54. The molecule has 0 fully saturated rings. The van der Waals surface area contributed by atoms with Crippen molar-refractivity contribution >= 4 is 0 Å². The molecule has 0 saturated carbocycles. The average molecular weight is 301 g/mol. The van der Waals surface area contributed by atoms with Gasteiger partial charge in [-0.15, -0.1) is 0 Å². The van der Waals surface area contributed by atoms with E-state index in [9.17, 15) is 0 Å². The van der Waals surface area contributed by atoms with E-state index >= 15 is 0 Å². The molecule has 0 aliphatic carbocycles. The lowest BCUT2D eigenvalue weighted by Crippen LogP contribution is -2.47. The first-order chi connectivity index (χ1) is 9.87. The molecule has 0 N–H and O–H groups in total. The number of methoxy groups -OCH3 is 2. The maximum absolute atomic E-state index is 5.89. The average Bonchev–Trinajstić information content (AvgIpc) is 2.43. The van der Waals surface area contributed by atoms with E-state index in [4.69, 9.17) is 9.47 Å². The van der Waals surface area contributed by atoms with Crippen LogP contribution in [0.2, 0.25) is 0 Å². The zero-order chi connectivity index (χ0) is 16.4. The summed E-state index contributed by atoms with van der Waals surface area (Å²) >= 11 is 0. The Labute approximate surface area is 134 Å². The van der Waals surface area contributed by atoms with Gasteiger partial charge in [0.2, 0.25) is 0 Å². The van der Waals surface area contributed by atoms with Crippen LogP contribution < -0.4 is 0 Å². The normalized spacial score (nSPS) is 14.4. The standard InChI is InChI=1S/C19H40O2/c1-8-10-11-12-13-14-15-17(18(3,4)5)19(20-6,21-7)16-9-2/h17H,8-16H2,1-7H3. The summed E-state index contributed by atoms with van der Waals surface area (Å²) in [6.07, 6.45) is 11.3. The minimum Gasteiger partial charge on any atom is -0.353 e.